The Bertz CT molecular complexity index is 797. The molecule has 8 nitrogen and oxygen atoms in total. The number of likely N-dealkylation sites (N-methyl/N-ethyl adjacent to an activating group) is 1. The molecular weight excluding hydrogens is 441 g/mol. The molecule has 2 aliphatic heterocycles. The summed E-state index contributed by atoms with van der Waals surface area (Å²) in [5, 5.41) is 7.12. The number of halogens is 3. The second-order valence-electron chi connectivity index (χ2n) is 9.25. The highest BCUT2D eigenvalue weighted by molar-refractivity contribution is 5.92. The first kappa shape index (κ1) is 25.4. The standard InChI is InChI=1S/C20H30N4O2.C2HF3O2/c1-23-9-6-17(13-26-12-16-4-2-3-5-16)10-20(23)14-24(15-20)19(25)18-11-21-7-8-22-18;3-2(4,5)1(6)7/h7-8,11,16-17H,2-6,9-10,12-15H2,1H3;(H,6,7). The van der Waals surface area contributed by atoms with Gasteiger partial charge in [-0.15, -0.1) is 0 Å². The number of hydrogen-bond donors (Lipinski definition) is 1. The average molecular weight is 473 g/mol. The molecule has 0 bridgehead atoms. The van der Waals surface area contributed by atoms with Crippen LogP contribution in [0.3, 0.4) is 0 Å². The molecule has 33 heavy (non-hydrogen) atoms. The first-order valence-corrected chi connectivity index (χ1v) is 11.2. The number of hydrogen-bond acceptors (Lipinski definition) is 6. The molecule has 184 valence electrons. The van der Waals surface area contributed by atoms with Gasteiger partial charge in [-0.05, 0) is 51.1 Å². The van der Waals surface area contributed by atoms with Crippen LogP contribution in [0.5, 0.6) is 0 Å². The van der Waals surface area contributed by atoms with Crippen molar-refractivity contribution in [2.24, 2.45) is 11.8 Å². The Hall–Kier alpha value is -2.27. The van der Waals surface area contributed by atoms with Gasteiger partial charge in [0.05, 0.1) is 11.7 Å². The van der Waals surface area contributed by atoms with E-state index in [1.54, 1.807) is 18.6 Å². The molecule has 1 atom stereocenters. The molecule has 3 fully saturated rings. The molecule has 0 aromatic carbocycles. The van der Waals surface area contributed by atoms with Gasteiger partial charge in [0.15, 0.2) is 0 Å². The fourth-order valence-corrected chi connectivity index (χ4v) is 4.88. The highest BCUT2D eigenvalue weighted by Crippen LogP contribution is 2.39. The molecule has 1 amide bonds. The summed E-state index contributed by atoms with van der Waals surface area (Å²) in [6.45, 7) is 4.49. The number of carboxylic acid groups (broad SMARTS) is 1. The maximum atomic E-state index is 12.5. The number of nitrogens with zero attached hydrogens (tertiary/aromatic N) is 4. The van der Waals surface area contributed by atoms with E-state index in [-0.39, 0.29) is 11.4 Å². The lowest BCUT2D eigenvalue weighted by molar-refractivity contribution is -0.192. The van der Waals surface area contributed by atoms with Crippen LogP contribution >= 0.6 is 0 Å². The van der Waals surface area contributed by atoms with Crippen molar-refractivity contribution in [3.8, 4) is 0 Å². The lowest BCUT2D eigenvalue weighted by atomic mass is 9.75. The fourth-order valence-electron chi connectivity index (χ4n) is 4.88. The largest absolute Gasteiger partial charge is 0.490 e. The molecule has 1 N–H and O–H groups in total. The van der Waals surface area contributed by atoms with Crippen molar-refractivity contribution >= 4 is 11.9 Å². The van der Waals surface area contributed by atoms with E-state index in [0.717, 1.165) is 45.2 Å². The number of piperidine rings is 1. The Morgan fingerprint density at radius 2 is 1.79 bits per heavy atom. The molecule has 2 saturated heterocycles. The first-order chi connectivity index (χ1) is 15.6. The van der Waals surface area contributed by atoms with Gasteiger partial charge in [-0.25, -0.2) is 9.78 Å². The number of aromatic nitrogens is 2. The van der Waals surface area contributed by atoms with Gasteiger partial charge in [-0.3, -0.25) is 14.7 Å². The van der Waals surface area contributed by atoms with Crippen LogP contribution in [0.1, 0.15) is 49.0 Å². The van der Waals surface area contributed by atoms with Gasteiger partial charge in [0.2, 0.25) is 0 Å². The number of carboxylic acids is 1. The second-order valence-corrected chi connectivity index (χ2v) is 9.25. The van der Waals surface area contributed by atoms with Crippen molar-refractivity contribution in [1.29, 1.82) is 0 Å². The first-order valence-electron chi connectivity index (χ1n) is 11.2. The molecule has 1 aromatic rings. The molecule has 1 aliphatic carbocycles. The SMILES string of the molecule is CN1CCC(COCC2CCCC2)CC12CN(C(=O)c1cnccn1)C2.O=C(O)C(F)(F)F. The van der Waals surface area contributed by atoms with E-state index in [4.69, 9.17) is 14.6 Å². The Morgan fingerprint density at radius 3 is 2.36 bits per heavy atom. The summed E-state index contributed by atoms with van der Waals surface area (Å²) in [7, 11) is 2.19. The third-order valence-corrected chi connectivity index (χ3v) is 6.82. The number of carbonyl (C=O) groups is 2. The van der Waals surface area contributed by atoms with Gasteiger partial charge in [0, 0.05) is 38.7 Å². The fraction of sp³-hybridized carbons (Fsp3) is 0.727. The molecule has 11 heteroatoms. The zero-order valence-electron chi connectivity index (χ0n) is 18.8. The molecule has 1 saturated carbocycles. The molecule has 3 heterocycles. The highest BCUT2D eigenvalue weighted by Gasteiger charge is 2.51. The van der Waals surface area contributed by atoms with Gasteiger partial charge in [0.1, 0.15) is 5.69 Å². The van der Waals surface area contributed by atoms with Gasteiger partial charge < -0.3 is 14.7 Å². The summed E-state index contributed by atoms with van der Waals surface area (Å²) >= 11 is 0. The summed E-state index contributed by atoms with van der Waals surface area (Å²) in [6.07, 6.45) is 7.40. The van der Waals surface area contributed by atoms with E-state index >= 15 is 0 Å². The van der Waals surface area contributed by atoms with Crippen molar-refractivity contribution in [3.63, 3.8) is 0 Å². The van der Waals surface area contributed by atoms with E-state index in [9.17, 15) is 18.0 Å². The van der Waals surface area contributed by atoms with E-state index in [1.807, 2.05) is 4.90 Å². The van der Waals surface area contributed by atoms with Crippen LogP contribution in [0.25, 0.3) is 0 Å². The summed E-state index contributed by atoms with van der Waals surface area (Å²) in [5.41, 5.74) is 0.564. The minimum atomic E-state index is -5.08. The number of alkyl halides is 3. The zero-order valence-corrected chi connectivity index (χ0v) is 18.8. The number of likely N-dealkylation sites (tertiary alicyclic amines) is 2. The predicted octanol–water partition coefficient (Wildman–Crippen LogP) is 2.85. The van der Waals surface area contributed by atoms with Crippen LogP contribution < -0.4 is 0 Å². The van der Waals surface area contributed by atoms with Crippen molar-refractivity contribution in [2.45, 2.75) is 50.2 Å². The Labute approximate surface area is 191 Å². The van der Waals surface area contributed by atoms with Crippen molar-refractivity contribution in [1.82, 2.24) is 19.8 Å². The number of rotatable bonds is 5. The predicted molar refractivity (Wildman–Crippen MR) is 112 cm³/mol. The van der Waals surface area contributed by atoms with Crippen molar-refractivity contribution in [2.75, 3.05) is 39.9 Å². The topological polar surface area (TPSA) is 95.9 Å². The van der Waals surface area contributed by atoms with Crippen LogP contribution in [-0.2, 0) is 9.53 Å². The monoisotopic (exact) mass is 472 g/mol. The van der Waals surface area contributed by atoms with Gasteiger partial charge in [-0.1, -0.05) is 12.8 Å². The Morgan fingerprint density at radius 1 is 1.15 bits per heavy atom. The molecule has 4 rings (SSSR count). The number of amides is 1. The van der Waals surface area contributed by atoms with Crippen LogP contribution in [0.15, 0.2) is 18.6 Å². The van der Waals surface area contributed by atoms with E-state index < -0.39 is 12.1 Å². The number of ether oxygens (including phenoxy) is 1. The van der Waals surface area contributed by atoms with Gasteiger partial charge in [0.25, 0.3) is 5.91 Å². The molecule has 1 spiro atoms. The summed E-state index contributed by atoms with van der Waals surface area (Å²) in [4.78, 5) is 33.9. The molecule has 0 radical (unpaired) electrons. The minimum Gasteiger partial charge on any atom is -0.475 e. The summed E-state index contributed by atoms with van der Waals surface area (Å²) < 4.78 is 37.8. The smallest absolute Gasteiger partial charge is 0.475 e. The molecular formula is C22H31F3N4O4. The normalized spacial score (nSPS) is 23.0. The van der Waals surface area contributed by atoms with Crippen molar-refractivity contribution in [3.05, 3.63) is 24.3 Å². The lowest BCUT2D eigenvalue weighted by Crippen LogP contribution is -2.72. The van der Waals surface area contributed by atoms with E-state index in [2.05, 4.69) is 21.9 Å². The van der Waals surface area contributed by atoms with Gasteiger partial charge in [-0.2, -0.15) is 13.2 Å². The Balaban J connectivity index is 0.000000383. The maximum absolute atomic E-state index is 12.5. The quantitative estimate of drug-likeness (QED) is 0.704. The third-order valence-electron chi connectivity index (χ3n) is 6.82. The summed E-state index contributed by atoms with van der Waals surface area (Å²) in [6, 6.07) is 0. The van der Waals surface area contributed by atoms with E-state index in [1.165, 1.54) is 32.1 Å². The van der Waals surface area contributed by atoms with E-state index in [0.29, 0.717) is 11.6 Å². The zero-order chi connectivity index (χ0) is 24.1. The van der Waals surface area contributed by atoms with Crippen LogP contribution in [0.2, 0.25) is 0 Å². The minimum absolute atomic E-state index is 0.00303. The third kappa shape index (κ3) is 6.63. The molecule has 3 aliphatic rings. The number of aliphatic carboxylic acids is 1. The molecule has 1 aromatic heterocycles. The average Bonchev–Trinajstić information content (AvgIpc) is 3.27. The van der Waals surface area contributed by atoms with Crippen LogP contribution in [-0.4, -0.2) is 88.4 Å². The Kier molecular flexibility index (Phi) is 8.28. The van der Waals surface area contributed by atoms with Crippen LogP contribution in [0.4, 0.5) is 13.2 Å². The van der Waals surface area contributed by atoms with Gasteiger partial charge >= 0.3 is 12.1 Å². The molecule has 1 unspecified atom stereocenters. The number of carbonyl (C=O) groups excluding carboxylic acids is 1. The second kappa shape index (κ2) is 10.8. The van der Waals surface area contributed by atoms with Crippen molar-refractivity contribution < 1.29 is 32.6 Å². The van der Waals surface area contributed by atoms with Crippen LogP contribution in [0, 0.1) is 11.8 Å². The lowest BCUT2D eigenvalue weighted by Gasteiger charge is -2.58. The maximum Gasteiger partial charge on any atom is 0.490 e. The summed E-state index contributed by atoms with van der Waals surface area (Å²) in [5.74, 6) is -1.36. The highest BCUT2D eigenvalue weighted by atomic mass is 19.4.